The van der Waals surface area contributed by atoms with E-state index in [2.05, 4.69) is 69.6 Å². The summed E-state index contributed by atoms with van der Waals surface area (Å²) in [5.41, 5.74) is 3.87. The number of hydrogen-bond donors (Lipinski definition) is 0. The van der Waals surface area contributed by atoms with Crippen molar-refractivity contribution in [1.29, 1.82) is 0 Å². The molecule has 50 heavy (non-hydrogen) atoms. The lowest BCUT2D eigenvalue weighted by Gasteiger charge is -2.41. The first-order chi connectivity index (χ1) is 24.1. The van der Waals surface area contributed by atoms with Crippen LogP contribution in [0.3, 0.4) is 0 Å². The second-order valence-electron chi connectivity index (χ2n) is 14.6. The maximum absolute atomic E-state index is 13.3. The summed E-state index contributed by atoms with van der Waals surface area (Å²) in [4.78, 5) is 38.6. The minimum absolute atomic E-state index is 0.135. The van der Waals surface area contributed by atoms with E-state index < -0.39 is 8.07 Å². The molecule has 3 aromatic rings. The zero-order valence-electron chi connectivity index (χ0n) is 30.9. The largest absolute Gasteiger partial charge is 0.382 e. The van der Waals surface area contributed by atoms with Crippen LogP contribution in [-0.4, -0.2) is 143 Å². The van der Waals surface area contributed by atoms with Crippen molar-refractivity contribution in [2.75, 3.05) is 103 Å². The van der Waals surface area contributed by atoms with Gasteiger partial charge in [-0.25, -0.2) is 15.0 Å². The molecule has 5 aliphatic heterocycles. The number of methoxy groups -OCH3 is 1. The van der Waals surface area contributed by atoms with Crippen molar-refractivity contribution in [3.8, 4) is 11.3 Å². The van der Waals surface area contributed by atoms with E-state index in [0.717, 1.165) is 68.0 Å². The summed E-state index contributed by atoms with van der Waals surface area (Å²) < 4.78 is 17.6. The molecular weight excluding hydrogens is 649 g/mol. The number of anilines is 3. The highest BCUT2D eigenvalue weighted by Crippen LogP contribution is 2.27. The molecule has 0 saturated carbocycles. The highest BCUT2D eigenvalue weighted by atomic mass is 28.3. The van der Waals surface area contributed by atoms with Crippen LogP contribution in [0, 0.1) is 0 Å². The van der Waals surface area contributed by atoms with Gasteiger partial charge >= 0.3 is 0 Å². The van der Waals surface area contributed by atoms with E-state index in [9.17, 15) is 4.79 Å². The number of piperazine rings is 1. The van der Waals surface area contributed by atoms with Gasteiger partial charge in [0, 0.05) is 105 Å². The Balaban J connectivity index is 1.46. The monoisotopic (exact) mass is 704 g/mol. The molecule has 0 spiro atoms. The first kappa shape index (κ1) is 37.8. The fourth-order valence-corrected chi connectivity index (χ4v) is 6.92. The number of aromatic nitrogens is 3. The first-order valence-corrected chi connectivity index (χ1v) is 21.5. The number of amides is 1. The normalized spacial score (nSPS) is 20.8. The quantitative estimate of drug-likeness (QED) is 0.221. The van der Waals surface area contributed by atoms with Crippen LogP contribution >= 0.6 is 0 Å². The maximum atomic E-state index is 13.3. The molecular formula is C37H56N8O4Si. The minimum Gasteiger partial charge on any atom is -0.382 e. The van der Waals surface area contributed by atoms with Crippen molar-refractivity contribution in [2.24, 2.45) is 0 Å². The second-order valence-corrected chi connectivity index (χ2v) is 20.2. The Labute approximate surface area is 299 Å². The van der Waals surface area contributed by atoms with E-state index in [0.29, 0.717) is 52.2 Å². The summed E-state index contributed by atoms with van der Waals surface area (Å²) in [5.74, 6) is 1.60. The molecule has 2 aromatic heterocycles. The van der Waals surface area contributed by atoms with Crippen LogP contribution < -0.4 is 9.80 Å². The fourth-order valence-electron chi connectivity index (χ4n) is 6.17. The molecule has 0 radical (unpaired) electrons. The van der Waals surface area contributed by atoms with Crippen LogP contribution in [0.25, 0.3) is 11.3 Å². The third kappa shape index (κ3) is 11.0. The van der Waals surface area contributed by atoms with Crippen LogP contribution in [0.15, 0.2) is 54.9 Å². The molecule has 1 amide bonds. The van der Waals surface area contributed by atoms with Gasteiger partial charge in [0.15, 0.2) is 0 Å². The summed E-state index contributed by atoms with van der Waals surface area (Å²) in [6, 6.07) is 15.8. The van der Waals surface area contributed by atoms with Crippen molar-refractivity contribution < 1.29 is 19.0 Å². The molecule has 272 valence electrons. The number of nitrogens with zero attached hydrogens (tertiary/aromatic N) is 8. The minimum atomic E-state index is -1.26. The Morgan fingerprint density at radius 2 is 1.74 bits per heavy atom. The third-order valence-corrected chi connectivity index (χ3v) is 11.1. The number of pyridine rings is 1. The molecule has 7 heterocycles. The average molecular weight is 705 g/mol. The Hall–Kier alpha value is -3.46. The zero-order chi connectivity index (χ0) is 35.5. The SMILES string of the molecule is COCCOCC1CN2CCN1Cc1cccc(c1)N(COCC[Si](C)(C)C)c1nccc(n1)-c1ccc(nc1)N(C)CCCN(C)C(=O)C2. The average Bonchev–Trinajstić information content (AvgIpc) is 3.10. The number of hydrogen-bond acceptors (Lipinski definition) is 11. The van der Waals surface area contributed by atoms with E-state index >= 15 is 0 Å². The topological polar surface area (TPSA) is 99.6 Å². The zero-order valence-corrected chi connectivity index (χ0v) is 31.9. The van der Waals surface area contributed by atoms with Crippen molar-refractivity contribution in [2.45, 2.75) is 44.7 Å². The maximum Gasteiger partial charge on any atom is 0.236 e. The van der Waals surface area contributed by atoms with Crippen molar-refractivity contribution in [3.05, 3.63) is 60.4 Å². The molecule has 1 fully saturated rings. The van der Waals surface area contributed by atoms with Gasteiger partial charge < -0.3 is 24.0 Å². The van der Waals surface area contributed by atoms with Gasteiger partial charge in [0.05, 0.1) is 32.1 Å². The van der Waals surface area contributed by atoms with Gasteiger partial charge in [-0.2, -0.15) is 0 Å². The van der Waals surface area contributed by atoms with Gasteiger partial charge in [0.2, 0.25) is 11.9 Å². The smallest absolute Gasteiger partial charge is 0.236 e. The standard InChI is InChI=1S/C37H56N8O4Si/c1-41-15-8-16-42(2)36(46)27-43-17-18-44(33(26-43)28-48-20-19-47-3)25-30-9-7-10-32(23-30)45(29-49-21-22-50(4,5)6)37-38-14-13-34(40-37)31-11-12-35(41)39-24-31/h7,9-14,23-24,33H,8,15-22,25-29H2,1-6H3. The lowest BCUT2D eigenvalue weighted by atomic mass is 10.1. The molecule has 1 saturated heterocycles. The lowest BCUT2D eigenvalue weighted by molar-refractivity contribution is -0.132. The molecule has 13 heteroatoms. The van der Waals surface area contributed by atoms with E-state index in [1.165, 1.54) is 5.56 Å². The molecule has 3 atom stereocenters. The summed E-state index contributed by atoms with van der Waals surface area (Å²) in [6.07, 6.45) is 4.52. The van der Waals surface area contributed by atoms with Gasteiger partial charge in [-0.3, -0.25) is 19.5 Å². The highest BCUT2D eigenvalue weighted by molar-refractivity contribution is 6.76. The number of carbonyl (C=O) groups excluding carboxylic acids is 1. The second kappa shape index (κ2) is 18.2. The molecule has 8 bridgehead atoms. The van der Waals surface area contributed by atoms with Crippen LogP contribution in [0.1, 0.15) is 12.0 Å². The molecule has 1 aromatic carbocycles. The summed E-state index contributed by atoms with van der Waals surface area (Å²) in [7, 11) is 4.37. The number of ether oxygens (including phenoxy) is 3. The molecule has 12 nitrogen and oxygen atoms in total. The Bertz CT molecular complexity index is 1510. The Morgan fingerprint density at radius 1 is 0.900 bits per heavy atom. The van der Waals surface area contributed by atoms with E-state index in [1.54, 1.807) is 7.11 Å². The van der Waals surface area contributed by atoms with Crippen molar-refractivity contribution in [1.82, 2.24) is 29.7 Å². The lowest BCUT2D eigenvalue weighted by Crippen LogP contribution is -2.56. The predicted molar refractivity (Wildman–Crippen MR) is 202 cm³/mol. The number of benzene rings is 1. The van der Waals surface area contributed by atoms with Gasteiger partial charge in [0.25, 0.3) is 0 Å². The van der Waals surface area contributed by atoms with Crippen LogP contribution in [0.5, 0.6) is 0 Å². The number of rotatable bonds is 10. The van der Waals surface area contributed by atoms with Crippen molar-refractivity contribution >= 4 is 31.4 Å². The van der Waals surface area contributed by atoms with Crippen molar-refractivity contribution in [3.63, 3.8) is 0 Å². The summed E-state index contributed by atoms with van der Waals surface area (Å²) in [6.45, 7) is 14.8. The predicted octanol–water partition coefficient (Wildman–Crippen LogP) is 4.44. The van der Waals surface area contributed by atoms with Crippen LogP contribution in [0.4, 0.5) is 17.5 Å². The van der Waals surface area contributed by atoms with Gasteiger partial charge in [-0.05, 0) is 48.4 Å². The van der Waals surface area contributed by atoms with Gasteiger partial charge in [0.1, 0.15) is 12.5 Å². The molecule has 5 aliphatic rings. The van der Waals surface area contributed by atoms with E-state index in [4.69, 9.17) is 29.2 Å². The van der Waals surface area contributed by atoms with Gasteiger partial charge in [-0.1, -0.05) is 31.8 Å². The van der Waals surface area contributed by atoms with Crippen LogP contribution in [0.2, 0.25) is 25.7 Å². The molecule has 8 rings (SSSR count). The summed E-state index contributed by atoms with van der Waals surface area (Å²) in [5, 5.41) is 0. The van der Waals surface area contributed by atoms with Crippen LogP contribution in [-0.2, 0) is 25.5 Å². The molecule has 3 unspecified atom stereocenters. The first-order valence-electron chi connectivity index (χ1n) is 17.8. The van der Waals surface area contributed by atoms with E-state index in [-0.39, 0.29) is 11.9 Å². The van der Waals surface area contributed by atoms with E-state index in [1.807, 2.05) is 43.5 Å². The number of likely N-dealkylation sites (N-methyl/N-ethyl adjacent to an activating group) is 1. The third-order valence-electron chi connectivity index (χ3n) is 9.35. The Kier molecular flexibility index (Phi) is 13.7. The fraction of sp³-hybridized carbons (Fsp3) is 0.568. The Morgan fingerprint density at radius 3 is 2.52 bits per heavy atom. The number of carbonyl (C=O) groups is 1. The highest BCUT2D eigenvalue weighted by Gasteiger charge is 2.29. The van der Waals surface area contributed by atoms with Gasteiger partial charge in [-0.15, -0.1) is 0 Å². The molecule has 0 N–H and O–H groups in total. The summed E-state index contributed by atoms with van der Waals surface area (Å²) >= 11 is 0. The molecule has 0 aliphatic carbocycles.